The number of carbonyl (C=O) groups is 1. The highest BCUT2D eigenvalue weighted by Crippen LogP contribution is 2.29. The van der Waals surface area contributed by atoms with Gasteiger partial charge in [-0.25, -0.2) is 0 Å². The van der Waals surface area contributed by atoms with E-state index in [0.717, 1.165) is 48.0 Å². The van der Waals surface area contributed by atoms with Crippen molar-refractivity contribution in [1.82, 2.24) is 9.88 Å². The number of rotatable bonds is 10. The van der Waals surface area contributed by atoms with Crippen LogP contribution in [0.2, 0.25) is 0 Å². The van der Waals surface area contributed by atoms with Crippen molar-refractivity contribution in [3.63, 3.8) is 0 Å². The quantitative estimate of drug-likeness (QED) is 0.187. The average Bonchev–Trinajstić information content (AvgIpc) is 3.34. The number of amides is 1. The highest BCUT2D eigenvalue weighted by molar-refractivity contribution is 6.02. The van der Waals surface area contributed by atoms with Crippen LogP contribution in [0.3, 0.4) is 0 Å². The molecule has 0 spiro atoms. The van der Waals surface area contributed by atoms with Gasteiger partial charge in [-0.05, 0) is 65.6 Å². The third-order valence-electron chi connectivity index (χ3n) is 7.49. The van der Waals surface area contributed by atoms with Gasteiger partial charge in [0.1, 0.15) is 36.0 Å². The second-order valence-electron chi connectivity index (χ2n) is 10.3. The van der Waals surface area contributed by atoms with Crippen LogP contribution in [0.15, 0.2) is 54.1 Å². The zero-order valence-electron chi connectivity index (χ0n) is 23.6. The lowest BCUT2D eigenvalue weighted by atomic mass is 9.97. The second-order valence-corrected chi connectivity index (χ2v) is 10.3. The molecule has 1 aliphatic rings. The molecule has 1 aliphatic heterocycles. The number of benzene rings is 2. The first kappa shape index (κ1) is 30.2. The van der Waals surface area contributed by atoms with Gasteiger partial charge in [-0.2, -0.15) is 5.26 Å². The van der Waals surface area contributed by atoms with Gasteiger partial charge in [-0.1, -0.05) is 32.0 Å². The summed E-state index contributed by atoms with van der Waals surface area (Å²) in [5.41, 5.74) is 3.42. The Balaban J connectivity index is 1.55. The van der Waals surface area contributed by atoms with E-state index in [9.17, 15) is 30.5 Å². The van der Waals surface area contributed by atoms with Gasteiger partial charge in [0.05, 0.1) is 6.61 Å². The fraction of sp³-hybridized carbons (Fsp3) is 0.419. The SMILES string of the molecule is CCCN(CCC)c1ccc2cc(-c3ccc(/C=C(\C#N)C(=O)N[C@H]4C(O)O[C@H](CO)[C@@H](O)[C@@H]4O)n3C)ccc2c1. The maximum Gasteiger partial charge on any atom is 0.262 e. The first-order chi connectivity index (χ1) is 19.7. The number of carbonyl (C=O) groups excluding carboxylic acids is 1. The van der Waals surface area contributed by atoms with E-state index < -0.39 is 43.2 Å². The summed E-state index contributed by atoms with van der Waals surface area (Å²) in [5, 5.41) is 54.1. The van der Waals surface area contributed by atoms with Crippen LogP contribution in [0.25, 0.3) is 28.1 Å². The van der Waals surface area contributed by atoms with Crippen LogP contribution >= 0.6 is 0 Å². The highest BCUT2D eigenvalue weighted by atomic mass is 16.6. The largest absolute Gasteiger partial charge is 0.394 e. The minimum absolute atomic E-state index is 0.259. The Hall–Kier alpha value is -3.72. The molecule has 1 saturated heterocycles. The number of ether oxygens (including phenoxy) is 1. The van der Waals surface area contributed by atoms with Crippen molar-refractivity contribution in [2.45, 2.75) is 57.3 Å². The van der Waals surface area contributed by atoms with Crippen LogP contribution in [-0.4, -0.2) is 81.2 Å². The Morgan fingerprint density at radius 3 is 2.39 bits per heavy atom. The van der Waals surface area contributed by atoms with E-state index in [0.29, 0.717) is 5.69 Å². The molecule has 2 aromatic carbocycles. The molecule has 218 valence electrons. The van der Waals surface area contributed by atoms with Crippen LogP contribution in [0.4, 0.5) is 5.69 Å². The summed E-state index contributed by atoms with van der Waals surface area (Å²) < 4.78 is 6.95. The van der Waals surface area contributed by atoms with Crippen molar-refractivity contribution in [3.8, 4) is 17.3 Å². The summed E-state index contributed by atoms with van der Waals surface area (Å²) in [5.74, 6) is -0.849. The van der Waals surface area contributed by atoms with Crippen LogP contribution < -0.4 is 10.2 Å². The van der Waals surface area contributed by atoms with Gasteiger partial charge in [-0.15, -0.1) is 0 Å². The molecular weight excluding hydrogens is 524 g/mol. The highest BCUT2D eigenvalue weighted by Gasteiger charge is 2.44. The number of hydrogen-bond acceptors (Lipinski definition) is 8. The molecule has 1 fully saturated rings. The van der Waals surface area contributed by atoms with Crippen LogP contribution in [0, 0.1) is 11.3 Å². The standard InChI is InChI=1S/C31H38N4O6/c1-4-12-35(13-5-2)24-9-8-19-14-21(7-6-20(19)15-24)25-11-10-23(34(25)3)16-22(17-32)30(39)33-27-29(38)28(37)26(18-36)41-31(27)40/h6-11,14-16,26-29,31,36-38,40H,4-5,12-13,18H2,1-3H3,(H,33,39)/b22-16+/t26-,27-,28-,29-,31?/m1/s1. The number of nitriles is 1. The molecule has 0 aliphatic carbocycles. The third-order valence-corrected chi connectivity index (χ3v) is 7.49. The Kier molecular flexibility index (Phi) is 9.81. The Morgan fingerprint density at radius 2 is 1.73 bits per heavy atom. The van der Waals surface area contributed by atoms with E-state index in [1.807, 2.05) is 29.8 Å². The topological polar surface area (TPSA) is 151 Å². The molecule has 5 atom stereocenters. The van der Waals surface area contributed by atoms with Crippen LogP contribution in [0.1, 0.15) is 32.4 Å². The van der Waals surface area contributed by atoms with Gasteiger partial charge < -0.3 is 39.9 Å². The Morgan fingerprint density at radius 1 is 1.05 bits per heavy atom. The normalized spacial score (nSPS) is 22.9. The molecule has 1 amide bonds. The molecule has 0 saturated carbocycles. The molecule has 0 radical (unpaired) electrons. The minimum atomic E-state index is -1.68. The number of nitrogens with one attached hydrogen (secondary N) is 1. The zero-order valence-corrected chi connectivity index (χ0v) is 23.6. The Bertz CT molecular complexity index is 1440. The van der Waals surface area contributed by atoms with E-state index in [2.05, 4.69) is 54.4 Å². The van der Waals surface area contributed by atoms with Gasteiger partial charge in [0.2, 0.25) is 0 Å². The number of nitrogens with zero attached hydrogens (tertiary/aromatic N) is 3. The summed E-state index contributed by atoms with van der Waals surface area (Å²) in [7, 11) is 1.84. The van der Waals surface area contributed by atoms with Crippen molar-refractivity contribution in [1.29, 1.82) is 5.26 Å². The number of aliphatic hydroxyl groups is 4. The van der Waals surface area contributed by atoms with Gasteiger partial charge in [0.15, 0.2) is 6.29 Å². The molecule has 0 bridgehead atoms. The van der Waals surface area contributed by atoms with Gasteiger partial charge >= 0.3 is 0 Å². The minimum Gasteiger partial charge on any atom is -0.394 e. The predicted molar refractivity (Wildman–Crippen MR) is 157 cm³/mol. The third kappa shape index (κ3) is 6.45. The van der Waals surface area contributed by atoms with Crippen molar-refractivity contribution in [3.05, 3.63) is 59.8 Å². The molecule has 2 heterocycles. The van der Waals surface area contributed by atoms with E-state index in [4.69, 9.17) is 4.74 Å². The van der Waals surface area contributed by atoms with Gasteiger partial charge in [0, 0.05) is 37.2 Å². The van der Waals surface area contributed by atoms with Crippen molar-refractivity contribution in [2.75, 3.05) is 24.6 Å². The lowest BCUT2D eigenvalue weighted by Gasteiger charge is -2.40. The van der Waals surface area contributed by atoms with Gasteiger partial charge in [0.25, 0.3) is 5.91 Å². The van der Waals surface area contributed by atoms with Crippen LogP contribution in [-0.2, 0) is 16.6 Å². The molecule has 3 aromatic rings. The van der Waals surface area contributed by atoms with Crippen molar-refractivity contribution >= 4 is 28.4 Å². The molecule has 41 heavy (non-hydrogen) atoms. The number of anilines is 1. The maximum absolute atomic E-state index is 12.9. The summed E-state index contributed by atoms with van der Waals surface area (Å²) in [6, 6.07) is 16.9. The number of aromatic nitrogens is 1. The molecule has 1 aromatic heterocycles. The Labute approximate surface area is 239 Å². The van der Waals surface area contributed by atoms with E-state index in [-0.39, 0.29) is 5.57 Å². The first-order valence-corrected chi connectivity index (χ1v) is 13.9. The molecule has 5 N–H and O–H groups in total. The molecular formula is C31H38N4O6. The van der Waals surface area contributed by atoms with Gasteiger partial charge in [-0.3, -0.25) is 4.79 Å². The summed E-state index contributed by atoms with van der Waals surface area (Å²) in [6.45, 7) is 5.78. The summed E-state index contributed by atoms with van der Waals surface area (Å²) in [4.78, 5) is 15.3. The van der Waals surface area contributed by atoms with Crippen molar-refractivity contribution < 1.29 is 30.0 Å². The first-order valence-electron chi connectivity index (χ1n) is 13.9. The fourth-order valence-electron chi connectivity index (χ4n) is 5.24. The summed E-state index contributed by atoms with van der Waals surface area (Å²) in [6.07, 6.45) is -2.42. The number of aliphatic hydroxyl groups excluding tert-OH is 4. The maximum atomic E-state index is 12.9. The second kappa shape index (κ2) is 13.3. The van der Waals surface area contributed by atoms with Crippen molar-refractivity contribution in [2.24, 2.45) is 7.05 Å². The monoisotopic (exact) mass is 562 g/mol. The summed E-state index contributed by atoms with van der Waals surface area (Å²) >= 11 is 0. The zero-order chi connectivity index (χ0) is 29.7. The molecule has 10 heteroatoms. The number of hydrogen-bond donors (Lipinski definition) is 5. The molecule has 10 nitrogen and oxygen atoms in total. The lowest BCUT2D eigenvalue weighted by Crippen LogP contribution is -2.64. The molecule has 4 rings (SSSR count). The molecule has 1 unspecified atom stereocenters. The van der Waals surface area contributed by atoms with Crippen LogP contribution in [0.5, 0.6) is 0 Å². The van der Waals surface area contributed by atoms with E-state index in [1.165, 1.54) is 11.8 Å². The number of fused-ring (bicyclic) bond motifs is 1. The lowest BCUT2D eigenvalue weighted by molar-refractivity contribution is -0.253. The van der Waals surface area contributed by atoms with E-state index in [1.54, 1.807) is 6.07 Å². The fourth-order valence-corrected chi connectivity index (χ4v) is 5.24. The predicted octanol–water partition coefficient (Wildman–Crippen LogP) is 2.29. The smallest absolute Gasteiger partial charge is 0.262 e. The van der Waals surface area contributed by atoms with E-state index >= 15 is 0 Å². The average molecular weight is 563 g/mol.